The van der Waals surface area contributed by atoms with Gasteiger partial charge in [-0.2, -0.15) is 0 Å². The number of hydrogen-bond acceptors (Lipinski definition) is 1. The molecule has 0 aliphatic carbocycles. The first-order valence-corrected chi connectivity index (χ1v) is 5.17. The van der Waals surface area contributed by atoms with E-state index in [1.165, 1.54) is 0 Å². The van der Waals surface area contributed by atoms with Crippen molar-refractivity contribution in [2.75, 3.05) is 0 Å². The molecule has 0 spiro atoms. The summed E-state index contributed by atoms with van der Waals surface area (Å²) in [7, 11) is 0. The highest BCUT2D eigenvalue weighted by Crippen LogP contribution is 2.24. The van der Waals surface area contributed by atoms with E-state index in [2.05, 4.69) is 20.9 Å². The number of aryl methyl sites for hydroxylation is 2. The van der Waals surface area contributed by atoms with Gasteiger partial charge in [-0.25, -0.2) is 0 Å². The summed E-state index contributed by atoms with van der Waals surface area (Å²) in [5.41, 5.74) is 2.96. The number of aromatic nitrogens is 1. The highest BCUT2D eigenvalue weighted by molar-refractivity contribution is 9.10. The topological polar surface area (TPSA) is 32.9 Å². The minimum absolute atomic E-state index is 0.0452. The molecule has 1 aromatic carbocycles. The molecule has 1 aromatic heterocycles. The van der Waals surface area contributed by atoms with Crippen LogP contribution in [0.1, 0.15) is 11.1 Å². The van der Waals surface area contributed by atoms with Crippen LogP contribution in [-0.4, -0.2) is 4.98 Å². The highest BCUT2D eigenvalue weighted by Gasteiger charge is 2.04. The Labute approximate surface area is 90.1 Å². The standard InChI is InChI=1S/C11H10BrNO/c1-6-5-10(14)13-11-7(2)9(12)4-3-8(6)11/h3-5H,1-2H3,(H,13,14). The Bertz CT molecular complexity index is 557. The Morgan fingerprint density at radius 2 is 2.00 bits per heavy atom. The lowest BCUT2D eigenvalue weighted by Crippen LogP contribution is -2.05. The Morgan fingerprint density at radius 1 is 1.29 bits per heavy atom. The van der Waals surface area contributed by atoms with E-state index < -0.39 is 0 Å². The highest BCUT2D eigenvalue weighted by atomic mass is 79.9. The van der Waals surface area contributed by atoms with E-state index >= 15 is 0 Å². The summed E-state index contributed by atoms with van der Waals surface area (Å²) in [4.78, 5) is 14.2. The second kappa shape index (κ2) is 3.24. The molecule has 2 aromatic rings. The van der Waals surface area contributed by atoms with Gasteiger partial charge in [0.05, 0.1) is 5.52 Å². The van der Waals surface area contributed by atoms with Crippen LogP contribution < -0.4 is 5.56 Å². The maximum atomic E-state index is 11.3. The lowest BCUT2D eigenvalue weighted by molar-refractivity contribution is 1.25. The van der Waals surface area contributed by atoms with Crippen LogP contribution in [0.4, 0.5) is 0 Å². The summed E-state index contributed by atoms with van der Waals surface area (Å²) in [5.74, 6) is 0. The Morgan fingerprint density at radius 3 is 2.71 bits per heavy atom. The largest absolute Gasteiger partial charge is 0.322 e. The molecule has 0 radical (unpaired) electrons. The molecule has 0 unspecified atom stereocenters. The molecular weight excluding hydrogens is 242 g/mol. The van der Waals surface area contributed by atoms with Gasteiger partial charge in [0, 0.05) is 15.9 Å². The number of benzene rings is 1. The molecule has 0 amide bonds. The van der Waals surface area contributed by atoms with Crippen LogP contribution in [0, 0.1) is 13.8 Å². The molecular formula is C11H10BrNO. The van der Waals surface area contributed by atoms with Crippen molar-refractivity contribution in [3.63, 3.8) is 0 Å². The van der Waals surface area contributed by atoms with Crippen molar-refractivity contribution in [1.82, 2.24) is 4.98 Å². The van der Waals surface area contributed by atoms with Gasteiger partial charge in [0.25, 0.3) is 0 Å². The number of rotatable bonds is 0. The Kier molecular flexibility index (Phi) is 2.19. The van der Waals surface area contributed by atoms with E-state index in [0.29, 0.717) is 0 Å². The molecule has 0 bridgehead atoms. The van der Waals surface area contributed by atoms with Gasteiger partial charge >= 0.3 is 0 Å². The Balaban J connectivity index is 3.02. The molecule has 0 saturated heterocycles. The molecule has 0 atom stereocenters. The molecule has 0 fully saturated rings. The van der Waals surface area contributed by atoms with Gasteiger partial charge < -0.3 is 4.98 Å². The average Bonchev–Trinajstić information content (AvgIpc) is 2.12. The number of halogens is 1. The maximum absolute atomic E-state index is 11.3. The Hall–Kier alpha value is -1.09. The third kappa shape index (κ3) is 1.38. The summed E-state index contributed by atoms with van der Waals surface area (Å²) in [6, 6.07) is 5.64. The number of H-pyrrole nitrogens is 1. The first-order valence-electron chi connectivity index (χ1n) is 4.38. The zero-order chi connectivity index (χ0) is 10.3. The SMILES string of the molecule is Cc1cc(=O)[nH]c2c(C)c(Br)ccc12. The minimum Gasteiger partial charge on any atom is -0.322 e. The molecule has 14 heavy (non-hydrogen) atoms. The van der Waals surface area contributed by atoms with Crippen molar-refractivity contribution >= 4 is 26.8 Å². The second-order valence-electron chi connectivity index (χ2n) is 3.41. The van der Waals surface area contributed by atoms with Gasteiger partial charge in [0.15, 0.2) is 0 Å². The molecule has 1 N–H and O–H groups in total. The van der Waals surface area contributed by atoms with E-state index in [9.17, 15) is 4.79 Å². The summed E-state index contributed by atoms with van der Waals surface area (Å²) in [6.07, 6.45) is 0. The fourth-order valence-electron chi connectivity index (χ4n) is 1.61. The molecule has 72 valence electrons. The zero-order valence-corrected chi connectivity index (χ0v) is 9.60. The van der Waals surface area contributed by atoms with Crippen molar-refractivity contribution in [2.24, 2.45) is 0 Å². The first kappa shape index (κ1) is 9.46. The number of fused-ring (bicyclic) bond motifs is 1. The molecule has 0 aliphatic rings. The summed E-state index contributed by atoms with van der Waals surface area (Å²) in [5, 5.41) is 1.10. The summed E-state index contributed by atoms with van der Waals surface area (Å²) in [6.45, 7) is 3.94. The van der Waals surface area contributed by atoms with Crippen LogP contribution in [0.2, 0.25) is 0 Å². The number of nitrogens with one attached hydrogen (secondary N) is 1. The van der Waals surface area contributed by atoms with Gasteiger partial charge in [-0.15, -0.1) is 0 Å². The van der Waals surface area contributed by atoms with Crippen LogP contribution in [0.3, 0.4) is 0 Å². The van der Waals surface area contributed by atoms with Crippen molar-refractivity contribution in [3.8, 4) is 0 Å². The predicted molar refractivity (Wildman–Crippen MR) is 61.7 cm³/mol. The molecule has 3 heteroatoms. The molecule has 1 heterocycles. The maximum Gasteiger partial charge on any atom is 0.248 e. The third-order valence-electron chi connectivity index (χ3n) is 2.42. The van der Waals surface area contributed by atoms with E-state index in [1.54, 1.807) is 6.07 Å². The second-order valence-corrected chi connectivity index (χ2v) is 4.27. The van der Waals surface area contributed by atoms with E-state index in [0.717, 1.165) is 26.5 Å². The fraction of sp³-hybridized carbons (Fsp3) is 0.182. The quantitative estimate of drug-likeness (QED) is 0.768. The summed E-state index contributed by atoms with van der Waals surface area (Å²) >= 11 is 3.44. The number of aromatic amines is 1. The van der Waals surface area contributed by atoms with E-state index in [-0.39, 0.29) is 5.56 Å². The zero-order valence-electron chi connectivity index (χ0n) is 8.02. The van der Waals surface area contributed by atoms with Crippen LogP contribution in [0.5, 0.6) is 0 Å². The lowest BCUT2D eigenvalue weighted by Gasteiger charge is -2.05. The van der Waals surface area contributed by atoms with Crippen LogP contribution >= 0.6 is 15.9 Å². The third-order valence-corrected chi connectivity index (χ3v) is 3.28. The fourth-order valence-corrected chi connectivity index (χ4v) is 1.94. The van der Waals surface area contributed by atoms with Crippen LogP contribution in [0.25, 0.3) is 10.9 Å². The van der Waals surface area contributed by atoms with Crippen LogP contribution in [0.15, 0.2) is 27.5 Å². The summed E-state index contributed by atoms with van der Waals surface area (Å²) < 4.78 is 1.02. The molecule has 0 aliphatic heterocycles. The molecule has 0 saturated carbocycles. The molecule has 2 nitrogen and oxygen atoms in total. The van der Waals surface area contributed by atoms with Crippen molar-refractivity contribution in [1.29, 1.82) is 0 Å². The van der Waals surface area contributed by atoms with E-state index in [1.807, 2.05) is 26.0 Å². The van der Waals surface area contributed by atoms with Crippen molar-refractivity contribution in [2.45, 2.75) is 13.8 Å². The molecule has 2 rings (SSSR count). The minimum atomic E-state index is -0.0452. The van der Waals surface area contributed by atoms with Gasteiger partial charge in [-0.05, 0) is 31.0 Å². The van der Waals surface area contributed by atoms with Gasteiger partial charge in [0.1, 0.15) is 0 Å². The monoisotopic (exact) mass is 251 g/mol. The van der Waals surface area contributed by atoms with Crippen molar-refractivity contribution in [3.05, 3.63) is 44.2 Å². The van der Waals surface area contributed by atoms with Crippen LogP contribution in [-0.2, 0) is 0 Å². The predicted octanol–water partition coefficient (Wildman–Crippen LogP) is 2.91. The lowest BCUT2D eigenvalue weighted by atomic mass is 10.1. The smallest absolute Gasteiger partial charge is 0.248 e. The van der Waals surface area contributed by atoms with Gasteiger partial charge in [-0.3, -0.25) is 4.79 Å². The van der Waals surface area contributed by atoms with Gasteiger partial charge in [0.2, 0.25) is 5.56 Å². The normalized spacial score (nSPS) is 10.8. The van der Waals surface area contributed by atoms with Crippen molar-refractivity contribution < 1.29 is 0 Å². The number of pyridine rings is 1. The van der Waals surface area contributed by atoms with Gasteiger partial charge in [-0.1, -0.05) is 22.0 Å². The average molecular weight is 252 g/mol. The van der Waals surface area contributed by atoms with E-state index in [4.69, 9.17) is 0 Å². The first-order chi connectivity index (χ1) is 6.59. The number of hydrogen-bond donors (Lipinski definition) is 1.